The van der Waals surface area contributed by atoms with Crippen molar-refractivity contribution in [1.82, 2.24) is 14.8 Å². The number of anilines is 3. The van der Waals surface area contributed by atoms with Gasteiger partial charge in [-0.15, -0.1) is 11.8 Å². The number of aromatic nitrogens is 3. The van der Waals surface area contributed by atoms with Gasteiger partial charge in [-0.25, -0.2) is 13.8 Å². The molecule has 3 aromatic rings. The average molecular weight is 831 g/mol. The summed E-state index contributed by atoms with van der Waals surface area (Å²) in [6.07, 6.45) is 3.39. The highest BCUT2D eigenvalue weighted by Crippen LogP contribution is 2.44. The van der Waals surface area contributed by atoms with E-state index in [2.05, 4.69) is 60.9 Å². The van der Waals surface area contributed by atoms with E-state index >= 15 is 0 Å². The Morgan fingerprint density at radius 1 is 1.00 bits per heavy atom. The normalized spacial score (nSPS) is 9.36. The Morgan fingerprint density at radius 3 is 1.91 bits per heavy atom. The van der Waals surface area contributed by atoms with Crippen molar-refractivity contribution in [3.63, 3.8) is 0 Å². The smallest absolute Gasteiger partial charge is 0.256 e. The van der Waals surface area contributed by atoms with E-state index in [0.717, 1.165) is 27.5 Å². The number of unbranched alkanes of at least 4 members (excludes halogenated alkanes) is 1. The third kappa shape index (κ3) is 20.6. The Bertz CT molecular complexity index is 1160. The summed E-state index contributed by atoms with van der Waals surface area (Å²) in [4.78, 5) is 9.31. The van der Waals surface area contributed by atoms with E-state index in [1.165, 1.54) is 23.9 Å². The molecule has 0 amide bonds. The predicted molar refractivity (Wildman–Crippen MR) is 225 cm³/mol. The minimum Gasteiger partial charge on any atom is -0.353 e. The van der Waals surface area contributed by atoms with Crippen molar-refractivity contribution in [2.45, 2.75) is 121 Å². The van der Waals surface area contributed by atoms with E-state index < -0.39 is 13.0 Å². The molecular weight excluding hydrogens is 768 g/mol. The van der Waals surface area contributed by atoms with Crippen molar-refractivity contribution in [2.24, 2.45) is 12.0 Å². The lowest BCUT2D eigenvalue weighted by Gasteiger charge is -2.23. The summed E-state index contributed by atoms with van der Waals surface area (Å²) in [5.74, 6) is 0.273. The summed E-state index contributed by atoms with van der Waals surface area (Å²) < 4.78 is 29.4. The van der Waals surface area contributed by atoms with Gasteiger partial charge in [0.05, 0.1) is 23.6 Å². The molecular formula is C35H63ClF2IN6PS. The highest BCUT2D eigenvalue weighted by molar-refractivity contribution is 14.2. The maximum absolute atomic E-state index is 13.1. The molecule has 1 aromatic carbocycles. The largest absolute Gasteiger partial charge is 0.353 e. The molecule has 0 saturated carbocycles. The number of aryl methyl sites for hydroxylation is 2. The summed E-state index contributed by atoms with van der Waals surface area (Å²) >= 11 is 9.85. The zero-order valence-electron chi connectivity index (χ0n) is 31.7. The maximum Gasteiger partial charge on any atom is 0.256 e. The lowest BCUT2D eigenvalue weighted by atomic mass is 10.1. The van der Waals surface area contributed by atoms with Crippen molar-refractivity contribution in [1.29, 1.82) is 0 Å². The number of halogens is 4. The molecule has 0 bridgehead atoms. The zero-order valence-corrected chi connectivity index (χ0v) is 36.4. The molecule has 12 heteroatoms. The molecule has 0 saturated heterocycles. The second-order valence-electron chi connectivity index (χ2n) is 8.45. The molecule has 1 N–H and O–H groups in total. The van der Waals surface area contributed by atoms with Crippen LogP contribution in [0.2, 0.25) is 5.15 Å². The lowest BCUT2D eigenvalue weighted by molar-refractivity contribution is 0.159. The fourth-order valence-corrected chi connectivity index (χ4v) is 5.53. The van der Waals surface area contributed by atoms with Crippen LogP contribution in [-0.2, 0) is 7.05 Å². The second kappa shape index (κ2) is 34.4. The fraction of sp³-hybridized carbons (Fsp3) is 0.571. The first-order chi connectivity index (χ1) is 22.6. The number of aliphatic imine (C=N–C) groups is 1. The van der Waals surface area contributed by atoms with Crippen LogP contribution in [0.5, 0.6) is 0 Å². The number of pyridine rings is 1. The van der Waals surface area contributed by atoms with E-state index in [1.807, 2.05) is 121 Å². The first kappa shape index (κ1) is 52.3. The maximum atomic E-state index is 13.1. The first-order valence-electron chi connectivity index (χ1n) is 16.7. The van der Waals surface area contributed by atoms with Gasteiger partial charge in [-0.1, -0.05) is 120 Å². The monoisotopic (exact) mass is 830 g/mol. The Balaban J connectivity index is -0.000000531. The molecule has 6 nitrogen and oxygen atoms in total. The van der Waals surface area contributed by atoms with Gasteiger partial charge < -0.3 is 9.99 Å². The van der Waals surface area contributed by atoms with E-state index in [9.17, 15) is 8.78 Å². The number of hydrogen-bond acceptors (Lipinski definition) is 6. The topological polar surface area (TPSA) is 58.3 Å². The number of thioether (sulfide) groups is 1. The quantitative estimate of drug-likeness (QED) is 0.0725. The number of rotatable bonds is 10. The van der Waals surface area contributed by atoms with Gasteiger partial charge in [-0.05, 0) is 60.1 Å². The molecule has 0 aliphatic rings. The van der Waals surface area contributed by atoms with Crippen molar-refractivity contribution in [3.05, 3.63) is 41.2 Å². The Labute approximate surface area is 311 Å². The van der Waals surface area contributed by atoms with Crippen LogP contribution in [0.3, 0.4) is 0 Å². The van der Waals surface area contributed by atoms with Crippen molar-refractivity contribution in [3.8, 4) is 11.3 Å². The van der Waals surface area contributed by atoms with E-state index in [1.54, 1.807) is 17.8 Å². The molecule has 47 heavy (non-hydrogen) atoms. The molecule has 1 unspecified atom stereocenters. The van der Waals surface area contributed by atoms with Gasteiger partial charge >= 0.3 is 0 Å². The minimum atomic E-state index is -2.52. The number of alkyl halides is 2. The molecule has 0 fully saturated rings. The molecule has 2 aromatic heterocycles. The van der Waals surface area contributed by atoms with Gasteiger partial charge in [-0.3, -0.25) is 9.67 Å². The number of nitrogens with one attached hydrogen (secondary N) is 1. The summed E-state index contributed by atoms with van der Waals surface area (Å²) in [5.41, 5.74) is 4.69. The van der Waals surface area contributed by atoms with Gasteiger partial charge in [0.15, 0.2) is 5.82 Å². The molecule has 0 radical (unpaired) electrons. The van der Waals surface area contributed by atoms with E-state index in [4.69, 9.17) is 11.6 Å². The SMILES string of the molecule is C=Nc1c(Nc2ccc(-c3cc(C)n(C)n3)cc2SC)cc(Cl)nc1N(CC(F)F)PI.CC.CC.CC.CC.CCC.CCCC. The molecule has 0 aliphatic heterocycles. The number of benzene rings is 1. The molecule has 272 valence electrons. The summed E-state index contributed by atoms with van der Waals surface area (Å²) in [6, 6.07) is 9.62. The predicted octanol–water partition coefficient (Wildman–Crippen LogP) is 14.6. The highest BCUT2D eigenvalue weighted by Gasteiger charge is 2.21. The third-order valence-corrected chi connectivity index (χ3v) is 8.48. The van der Waals surface area contributed by atoms with Crippen molar-refractivity contribution in [2.75, 3.05) is 22.8 Å². The fourth-order valence-electron chi connectivity index (χ4n) is 3.03. The van der Waals surface area contributed by atoms with Gasteiger partial charge in [0.1, 0.15) is 10.8 Å². The van der Waals surface area contributed by atoms with Crippen LogP contribution in [0.1, 0.15) is 108 Å². The molecule has 2 heterocycles. The Morgan fingerprint density at radius 2 is 1.53 bits per heavy atom. The molecule has 0 spiro atoms. The molecule has 0 aliphatic carbocycles. The van der Waals surface area contributed by atoms with Crippen molar-refractivity contribution < 1.29 is 8.78 Å². The van der Waals surface area contributed by atoms with E-state index in [-0.39, 0.29) is 17.3 Å². The van der Waals surface area contributed by atoms with Crippen LogP contribution in [0.15, 0.2) is 40.2 Å². The van der Waals surface area contributed by atoms with Gasteiger partial charge in [0.2, 0.25) is 0 Å². The number of hydrogen-bond donors (Lipinski definition) is 1. The van der Waals surface area contributed by atoms with Gasteiger partial charge in [0.25, 0.3) is 6.43 Å². The zero-order chi connectivity index (χ0) is 37.5. The summed E-state index contributed by atoms with van der Waals surface area (Å²) in [7, 11) is 1.91. The van der Waals surface area contributed by atoms with Crippen LogP contribution in [0.4, 0.5) is 31.7 Å². The minimum absolute atomic E-state index is 0.0335. The molecule has 3 rings (SSSR count). The van der Waals surface area contributed by atoms with Crippen LogP contribution < -0.4 is 9.99 Å². The number of nitrogens with zero attached hydrogens (tertiary/aromatic N) is 5. The van der Waals surface area contributed by atoms with Crippen LogP contribution >= 0.6 is 51.8 Å². The average Bonchev–Trinajstić information content (AvgIpc) is 3.44. The summed E-state index contributed by atoms with van der Waals surface area (Å²) in [6.45, 7) is 29.8. The van der Waals surface area contributed by atoms with Crippen LogP contribution in [0.25, 0.3) is 11.3 Å². The lowest BCUT2D eigenvalue weighted by Crippen LogP contribution is -2.20. The highest BCUT2D eigenvalue weighted by atomic mass is 127. The summed E-state index contributed by atoms with van der Waals surface area (Å²) in [5, 5.41) is 8.05. The second-order valence-corrected chi connectivity index (χ2v) is 11.8. The standard InChI is InChI=1S/C20H21ClF2IN6PS.C4H10.C3H8.4C2H6/c1-11-7-14(28-29(11)3)12-5-6-13(16(8-12)32-4)26-15-9-17(21)27-20(19(15)25-2)30(31-24)10-18(22)23;1-3-4-2;1-3-2;4*1-2/h5-9,18,31H,2,10H2,1,3-4H3,(H,26,27);3-4H2,1-2H3;3H2,1-2H3;4*1-2H3. The Kier molecular flexibility index (Phi) is 38.3. The Hall–Kier alpha value is -1.49. The van der Waals surface area contributed by atoms with Crippen LogP contribution in [0, 0.1) is 6.92 Å². The van der Waals surface area contributed by atoms with Crippen molar-refractivity contribution >= 4 is 81.4 Å². The van der Waals surface area contributed by atoms with Crippen LogP contribution in [-0.4, -0.2) is 40.7 Å². The van der Waals surface area contributed by atoms with Gasteiger partial charge in [0, 0.05) is 35.6 Å². The first-order valence-corrected chi connectivity index (χ1v) is 22.3. The van der Waals surface area contributed by atoms with Gasteiger partial charge in [-0.2, -0.15) is 5.10 Å². The molecule has 1 atom stereocenters. The van der Waals surface area contributed by atoms with E-state index in [0.29, 0.717) is 11.4 Å². The third-order valence-electron chi connectivity index (χ3n) is 5.16.